The Morgan fingerprint density at radius 3 is 2.20 bits per heavy atom. The fourth-order valence-corrected chi connectivity index (χ4v) is 1.87. The molecular formula is C15H13F4N. The van der Waals surface area contributed by atoms with Crippen molar-refractivity contribution in [3.8, 4) is 0 Å². The van der Waals surface area contributed by atoms with Gasteiger partial charge in [0.05, 0.1) is 11.3 Å². The van der Waals surface area contributed by atoms with Crippen LogP contribution in [0, 0.1) is 5.82 Å². The summed E-state index contributed by atoms with van der Waals surface area (Å²) >= 11 is 0. The third kappa shape index (κ3) is 3.29. The van der Waals surface area contributed by atoms with Crippen LogP contribution in [0.15, 0.2) is 48.5 Å². The molecule has 2 rings (SSSR count). The Kier molecular flexibility index (Phi) is 3.97. The Hall–Kier alpha value is -2.04. The van der Waals surface area contributed by atoms with E-state index in [0.29, 0.717) is 6.07 Å². The molecule has 0 radical (unpaired) electrons. The van der Waals surface area contributed by atoms with Crippen LogP contribution in [0.1, 0.15) is 24.1 Å². The number of rotatable bonds is 3. The lowest BCUT2D eigenvalue weighted by Crippen LogP contribution is -2.10. The van der Waals surface area contributed by atoms with Gasteiger partial charge in [0.1, 0.15) is 5.82 Å². The smallest absolute Gasteiger partial charge is 0.376 e. The lowest BCUT2D eigenvalue weighted by Gasteiger charge is -2.17. The van der Waals surface area contributed by atoms with Gasteiger partial charge in [0.15, 0.2) is 0 Å². The van der Waals surface area contributed by atoms with Crippen molar-refractivity contribution in [2.45, 2.75) is 19.1 Å². The lowest BCUT2D eigenvalue weighted by atomic mass is 10.1. The molecule has 106 valence electrons. The van der Waals surface area contributed by atoms with E-state index in [-0.39, 0.29) is 11.7 Å². The predicted octanol–water partition coefficient (Wildman–Crippen LogP) is 5.02. The molecule has 0 amide bonds. The van der Waals surface area contributed by atoms with Gasteiger partial charge in [-0.1, -0.05) is 30.3 Å². The van der Waals surface area contributed by atoms with Crippen molar-refractivity contribution >= 4 is 5.69 Å². The summed E-state index contributed by atoms with van der Waals surface area (Å²) in [6, 6.07) is 11.5. The monoisotopic (exact) mass is 283 g/mol. The van der Waals surface area contributed by atoms with Gasteiger partial charge in [-0.15, -0.1) is 0 Å². The van der Waals surface area contributed by atoms with E-state index in [1.54, 1.807) is 0 Å². The molecule has 0 heterocycles. The molecule has 0 aliphatic rings. The molecule has 0 aromatic heterocycles. The highest BCUT2D eigenvalue weighted by Gasteiger charge is 2.31. The number of halogens is 4. The number of hydrogen-bond acceptors (Lipinski definition) is 1. The number of benzene rings is 2. The summed E-state index contributed by atoms with van der Waals surface area (Å²) in [5, 5.41) is 2.86. The second-order valence-electron chi connectivity index (χ2n) is 4.47. The Balaban J connectivity index is 2.18. The molecule has 1 nitrogen and oxygen atoms in total. The molecule has 1 atom stereocenters. The molecule has 5 heteroatoms. The Labute approximate surface area is 114 Å². The summed E-state index contributed by atoms with van der Waals surface area (Å²) in [6.45, 7) is 1.81. The quantitative estimate of drug-likeness (QED) is 0.780. The third-order valence-electron chi connectivity index (χ3n) is 2.97. The fourth-order valence-electron chi connectivity index (χ4n) is 1.87. The molecule has 0 spiro atoms. The Bertz CT molecular complexity index is 578. The molecule has 2 aromatic carbocycles. The van der Waals surface area contributed by atoms with E-state index in [1.807, 2.05) is 37.3 Å². The van der Waals surface area contributed by atoms with E-state index in [0.717, 1.165) is 17.7 Å². The zero-order valence-electron chi connectivity index (χ0n) is 10.7. The number of alkyl halides is 3. The molecule has 0 bridgehead atoms. The highest BCUT2D eigenvalue weighted by Crippen LogP contribution is 2.32. The molecule has 0 fully saturated rings. The van der Waals surface area contributed by atoms with E-state index in [2.05, 4.69) is 5.32 Å². The van der Waals surface area contributed by atoms with E-state index in [1.165, 1.54) is 0 Å². The molecular weight excluding hydrogens is 270 g/mol. The summed E-state index contributed by atoms with van der Waals surface area (Å²) in [5.74, 6) is -0.914. The normalized spacial score (nSPS) is 13.1. The summed E-state index contributed by atoms with van der Waals surface area (Å²) in [5.41, 5.74) is -0.0194. The van der Waals surface area contributed by atoms with Gasteiger partial charge in [-0.25, -0.2) is 4.39 Å². The van der Waals surface area contributed by atoms with Gasteiger partial charge in [-0.3, -0.25) is 0 Å². The maximum atomic E-state index is 13.7. The molecule has 1 unspecified atom stereocenters. The van der Waals surface area contributed by atoms with Gasteiger partial charge in [-0.2, -0.15) is 13.2 Å². The van der Waals surface area contributed by atoms with Crippen LogP contribution >= 0.6 is 0 Å². The summed E-state index contributed by atoms with van der Waals surface area (Å²) < 4.78 is 51.0. The van der Waals surface area contributed by atoms with Gasteiger partial charge < -0.3 is 5.32 Å². The molecule has 0 aliphatic heterocycles. The van der Waals surface area contributed by atoms with Crippen LogP contribution in [-0.2, 0) is 6.18 Å². The lowest BCUT2D eigenvalue weighted by molar-refractivity contribution is -0.137. The zero-order valence-corrected chi connectivity index (χ0v) is 10.7. The van der Waals surface area contributed by atoms with Crippen LogP contribution < -0.4 is 5.32 Å². The van der Waals surface area contributed by atoms with Crippen molar-refractivity contribution < 1.29 is 17.6 Å². The Morgan fingerprint density at radius 2 is 1.65 bits per heavy atom. The molecule has 1 N–H and O–H groups in total. The third-order valence-corrected chi connectivity index (χ3v) is 2.97. The van der Waals surface area contributed by atoms with Crippen molar-refractivity contribution in [2.24, 2.45) is 0 Å². The molecule has 0 aliphatic carbocycles. The summed E-state index contributed by atoms with van der Waals surface area (Å²) in [7, 11) is 0. The summed E-state index contributed by atoms with van der Waals surface area (Å²) in [4.78, 5) is 0. The minimum Gasteiger partial charge on any atom is -0.376 e. The van der Waals surface area contributed by atoms with E-state index < -0.39 is 17.6 Å². The molecule has 0 saturated heterocycles. The summed E-state index contributed by atoms with van der Waals surface area (Å²) in [6.07, 6.45) is -4.54. The predicted molar refractivity (Wildman–Crippen MR) is 69.9 cm³/mol. The molecule has 2 aromatic rings. The largest absolute Gasteiger partial charge is 0.416 e. The van der Waals surface area contributed by atoms with E-state index in [9.17, 15) is 17.6 Å². The number of nitrogens with one attached hydrogen (secondary N) is 1. The highest BCUT2D eigenvalue weighted by molar-refractivity contribution is 5.48. The van der Waals surface area contributed by atoms with Crippen molar-refractivity contribution in [2.75, 3.05) is 5.32 Å². The second kappa shape index (κ2) is 5.53. The molecule has 20 heavy (non-hydrogen) atoms. The topological polar surface area (TPSA) is 12.0 Å². The van der Waals surface area contributed by atoms with Crippen molar-refractivity contribution in [1.82, 2.24) is 0 Å². The average Bonchev–Trinajstić information content (AvgIpc) is 2.41. The first-order valence-electron chi connectivity index (χ1n) is 6.06. The minimum atomic E-state index is -4.54. The SMILES string of the molecule is CC(Nc1ccc(C(F)(F)F)cc1F)c1ccccc1. The average molecular weight is 283 g/mol. The van der Waals surface area contributed by atoms with Crippen LogP contribution in [0.2, 0.25) is 0 Å². The first-order valence-corrected chi connectivity index (χ1v) is 6.06. The maximum Gasteiger partial charge on any atom is 0.416 e. The maximum absolute atomic E-state index is 13.7. The van der Waals surface area contributed by atoms with Gasteiger partial charge >= 0.3 is 6.18 Å². The highest BCUT2D eigenvalue weighted by atomic mass is 19.4. The van der Waals surface area contributed by atoms with E-state index in [4.69, 9.17) is 0 Å². The number of anilines is 1. The van der Waals surface area contributed by atoms with Crippen molar-refractivity contribution in [3.63, 3.8) is 0 Å². The first kappa shape index (κ1) is 14.4. The van der Waals surface area contributed by atoms with Crippen LogP contribution in [0.25, 0.3) is 0 Å². The molecule has 0 saturated carbocycles. The first-order chi connectivity index (χ1) is 9.38. The second-order valence-corrected chi connectivity index (χ2v) is 4.47. The van der Waals surface area contributed by atoms with Gasteiger partial charge in [0, 0.05) is 6.04 Å². The van der Waals surface area contributed by atoms with E-state index >= 15 is 0 Å². The minimum absolute atomic E-state index is 0.0503. The fraction of sp³-hybridized carbons (Fsp3) is 0.200. The standard InChI is InChI=1S/C15H13F4N/c1-10(11-5-3-2-4-6-11)20-14-8-7-12(9-13(14)16)15(17,18)19/h2-10,20H,1H3. The van der Waals surface area contributed by atoms with Gasteiger partial charge in [-0.05, 0) is 30.7 Å². The van der Waals surface area contributed by atoms with Crippen LogP contribution in [-0.4, -0.2) is 0 Å². The van der Waals surface area contributed by atoms with Crippen LogP contribution in [0.4, 0.5) is 23.2 Å². The van der Waals surface area contributed by atoms with Crippen molar-refractivity contribution in [1.29, 1.82) is 0 Å². The van der Waals surface area contributed by atoms with Crippen LogP contribution in [0.5, 0.6) is 0 Å². The number of hydrogen-bond donors (Lipinski definition) is 1. The van der Waals surface area contributed by atoms with Crippen molar-refractivity contribution in [3.05, 3.63) is 65.5 Å². The van der Waals surface area contributed by atoms with Gasteiger partial charge in [0.25, 0.3) is 0 Å². The van der Waals surface area contributed by atoms with Crippen LogP contribution in [0.3, 0.4) is 0 Å². The Morgan fingerprint density at radius 1 is 1.00 bits per heavy atom. The zero-order chi connectivity index (χ0) is 14.8. The van der Waals surface area contributed by atoms with Gasteiger partial charge in [0.2, 0.25) is 0 Å².